The lowest BCUT2D eigenvalue weighted by molar-refractivity contribution is 0.0689. The van der Waals surface area contributed by atoms with Gasteiger partial charge in [0.05, 0.1) is 6.04 Å². The van der Waals surface area contributed by atoms with Crippen LogP contribution >= 0.6 is 0 Å². The Morgan fingerprint density at radius 2 is 1.53 bits per heavy atom. The number of carbonyl (C=O) groups is 1. The minimum Gasteiger partial charge on any atom is -0.339 e. The largest absolute Gasteiger partial charge is 0.339 e. The minimum absolute atomic E-state index is 0.0142. The molecule has 0 bridgehead atoms. The first-order valence-electron chi connectivity index (χ1n) is 10.8. The van der Waals surface area contributed by atoms with Crippen molar-refractivity contribution in [2.24, 2.45) is 0 Å². The first kappa shape index (κ1) is 21.5. The van der Waals surface area contributed by atoms with Gasteiger partial charge in [0.2, 0.25) is 11.7 Å². The zero-order chi connectivity index (χ0) is 22.5. The Kier molecular flexibility index (Phi) is 6.45. The predicted octanol–water partition coefficient (Wildman–Crippen LogP) is 5.80. The summed E-state index contributed by atoms with van der Waals surface area (Å²) < 4.78 is 5.49. The van der Waals surface area contributed by atoms with E-state index in [2.05, 4.69) is 10.1 Å². The van der Waals surface area contributed by atoms with Crippen LogP contribution in [0.3, 0.4) is 0 Å². The summed E-state index contributed by atoms with van der Waals surface area (Å²) >= 11 is 0. The van der Waals surface area contributed by atoms with E-state index in [4.69, 9.17) is 4.52 Å². The third kappa shape index (κ3) is 4.94. The second kappa shape index (κ2) is 9.60. The van der Waals surface area contributed by atoms with Crippen LogP contribution in [0.2, 0.25) is 0 Å². The van der Waals surface area contributed by atoms with Crippen LogP contribution in [0.1, 0.15) is 45.9 Å². The molecule has 162 valence electrons. The Labute approximate surface area is 188 Å². The van der Waals surface area contributed by atoms with Gasteiger partial charge in [-0.25, -0.2) is 0 Å². The van der Waals surface area contributed by atoms with Gasteiger partial charge in [-0.05, 0) is 38.5 Å². The molecule has 1 unspecified atom stereocenters. The highest BCUT2D eigenvalue weighted by Crippen LogP contribution is 2.23. The van der Waals surface area contributed by atoms with Crippen LogP contribution in [0.5, 0.6) is 0 Å². The SMILES string of the molecule is Cc1ccc(C(=O)N(CCc2nc(-c3ccc(C)cc3)no2)C(C)c2ccccc2)cc1. The van der Waals surface area contributed by atoms with E-state index in [-0.39, 0.29) is 11.9 Å². The van der Waals surface area contributed by atoms with Crippen molar-refractivity contribution < 1.29 is 9.32 Å². The van der Waals surface area contributed by atoms with Crippen molar-refractivity contribution in [3.8, 4) is 11.4 Å². The van der Waals surface area contributed by atoms with Crippen molar-refractivity contribution in [2.45, 2.75) is 33.2 Å². The zero-order valence-electron chi connectivity index (χ0n) is 18.7. The van der Waals surface area contributed by atoms with Gasteiger partial charge in [-0.2, -0.15) is 4.98 Å². The summed E-state index contributed by atoms with van der Waals surface area (Å²) in [5, 5.41) is 4.12. The third-order valence-corrected chi connectivity index (χ3v) is 5.65. The van der Waals surface area contributed by atoms with Gasteiger partial charge in [0.15, 0.2) is 0 Å². The van der Waals surface area contributed by atoms with Gasteiger partial charge >= 0.3 is 0 Å². The molecule has 5 heteroatoms. The van der Waals surface area contributed by atoms with E-state index in [0.717, 1.165) is 16.7 Å². The van der Waals surface area contributed by atoms with Gasteiger partial charge in [0, 0.05) is 24.1 Å². The molecule has 0 fully saturated rings. The fourth-order valence-electron chi connectivity index (χ4n) is 3.64. The Bertz CT molecular complexity index is 1170. The Hall–Kier alpha value is -3.73. The summed E-state index contributed by atoms with van der Waals surface area (Å²) in [4.78, 5) is 19.8. The van der Waals surface area contributed by atoms with E-state index in [1.54, 1.807) is 0 Å². The number of nitrogens with zero attached hydrogens (tertiary/aromatic N) is 3. The van der Waals surface area contributed by atoms with Gasteiger partial charge in [-0.1, -0.05) is 83.0 Å². The van der Waals surface area contributed by atoms with Gasteiger partial charge in [0.1, 0.15) is 0 Å². The third-order valence-electron chi connectivity index (χ3n) is 5.65. The van der Waals surface area contributed by atoms with Crippen LogP contribution in [0.25, 0.3) is 11.4 Å². The van der Waals surface area contributed by atoms with Crippen molar-refractivity contribution >= 4 is 5.91 Å². The maximum Gasteiger partial charge on any atom is 0.254 e. The fourth-order valence-corrected chi connectivity index (χ4v) is 3.64. The number of carbonyl (C=O) groups excluding carboxylic acids is 1. The number of hydrogen-bond donors (Lipinski definition) is 0. The molecule has 1 atom stereocenters. The molecule has 0 saturated carbocycles. The topological polar surface area (TPSA) is 59.2 Å². The highest BCUT2D eigenvalue weighted by molar-refractivity contribution is 5.94. The van der Waals surface area contributed by atoms with E-state index in [9.17, 15) is 4.79 Å². The number of amides is 1. The summed E-state index contributed by atoms with van der Waals surface area (Å²) in [6.07, 6.45) is 0.480. The minimum atomic E-state index is -0.0931. The quantitative estimate of drug-likeness (QED) is 0.375. The van der Waals surface area contributed by atoms with Crippen LogP contribution in [0, 0.1) is 13.8 Å². The van der Waals surface area contributed by atoms with E-state index in [1.165, 1.54) is 5.56 Å². The summed E-state index contributed by atoms with van der Waals surface area (Å²) in [6.45, 7) is 6.57. The molecule has 4 rings (SSSR count). The maximum absolute atomic E-state index is 13.4. The van der Waals surface area contributed by atoms with Crippen LogP contribution in [0.15, 0.2) is 83.4 Å². The summed E-state index contributed by atoms with van der Waals surface area (Å²) in [5.41, 5.74) is 4.97. The average Bonchev–Trinajstić information content (AvgIpc) is 3.29. The second-order valence-electron chi connectivity index (χ2n) is 8.08. The molecule has 0 spiro atoms. The molecule has 0 saturated heterocycles. The number of benzene rings is 3. The smallest absolute Gasteiger partial charge is 0.254 e. The second-order valence-corrected chi connectivity index (χ2v) is 8.08. The number of rotatable bonds is 7. The highest BCUT2D eigenvalue weighted by atomic mass is 16.5. The normalized spacial score (nSPS) is 11.8. The molecule has 1 aromatic heterocycles. The first-order chi connectivity index (χ1) is 15.5. The molecule has 32 heavy (non-hydrogen) atoms. The number of aryl methyl sites for hydroxylation is 2. The van der Waals surface area contributed by atoms with Gasteiger partial charge in [-0.15, -0.1) is 0 Å². The molecule has 3 aromatic carbocycles. The molecule has 0 aliphatic rings. The predicted molar refractivity (Wildman–Crippen MR) is 125 cm³/mol. The lowest BCUT2D eigenvalue weighted by Crippen LogP contribution is -2.35. The molecule has 5 nitrogen and oxygen atoms in total. The van der Waals surface area contributed by atoms with Crippen molar-refractivity contribution in [2.75, 3.05) is 6.54 Å². The Morgan fingerprint density at radius 1 is 0.906 bits per heavy atom. The Morgan fingerprint density at radius 3 is 2.19 bits per heavy atom. The van der Waals surface area contributed by atoms with Crippen molar-refractivity contribution in [1.82, 2.24) is 15.0 Å². The molecular weight excluding hydrogens is 398 g/mol. The van der Waals surface area contributed by atoms with Gasteiger partial charge in [0.25, 0.3) is 5.91 Å². The fraction of sp³-hybridized carbons (Fsp3) is 0.222. The molecule has 0 N–H and O–H groups in total. The lowest BCUT2D eigenvalue weighted by atomic mass is 10.0. The lowest BCUT2D eigenvalue weighted by Gasteiger charge is -2.29. The monoisotopic (exact) mass is 425 g/mol. The van der Waals surface area contributed by atoms with Gasteiger partial charge in [-0.3, -0.25) is 4.79 Å². The van der Waals surface area contributed by atoms with Crippen molar-refractivity contribution in [3.63, 3.8) is 0 Å². The maximum atomic E-state index is 13.4. The number of aromatic nitrogens is 2. The van der Waals surface area contributed by atoms with E-state index in [1.807, 2.05) is 105 Å². The van der Waals surface area contributed by atoms with Crippen LogP contribution in [-0.4, -0.2) is 27.5 Å². The average molecular weight is 426 g/mol. The van der Waals surface area contributed by atoms with Crippen molar-refractivity contribution in [3.05, 3.63) is 107 Å². The molecule has 4 aromatic rings. The zero-order valence-corrected chi connectivity index (χ0v) is 18.7. The molecular formula is C27H27N3O2. The van der Waals surface area contributed by atoms with E-state index in [0.29, 0.717) is 30.2 Å². The van der Waals surface area contributed by atoms with Crippen molar-refractivity contribution in [1.29, 1.82) is 0 Å². The first-order valence-corrected chi connectivity index (χ1v) is 10.8. The van der Waals surface area contributed by atoms with Crippen LogP contribution in [0.4, 0.5) is 0 Å². The van der Waals surface area contributed by atoms with Crippen LogP contribution in [-0.2, 0) is 6.42 Å². The van der Waals surface area contributed by atoms with Gasteiger partial charge < -0.3 is 9.42 Å². The molecule has 0 aliphatic carbocycles. The molecule has 1 amide bonds. The number of hydrogen-bond acceptors (Lipinski definition) is 4. The summed E-state index contributed by atoms with van der Waals surface area (Å²) in [5.74, 6) is 1.06. The standard InChI is InChI=1S/C27H27N3O2/c1-19-9-13-23(14-10-19)26-28-25(32-29-26)17-18-30(21(3)22-7-5-4-6-8-22)27(31)24-15-11-20(2)12-16-24/h4-16,21H,17-18H2,1-3H3. The molecule has 0 aliphatic heterocycles. The van der Waals surface area contributed by atoms with E-state index >= 15 is 0 Å². The summed E-state index contributed by atoms with van der Waals surface area (Å²) in [6, 6.07) is 25.7. The van der Waals surface area contributed by atoms with E-state index < -0.39 is 0 Å². The summed E-state index contributed by atoms with van der Waals surface area (Å²) in [7, 11) is 0. The van der Waals surface area contributed by atoms with Crippen LogP contribution < -0.4 is 0 Å². The Balaban J connectivity index is 1.54. The molecule has 0 radical (unpaired) electrons. The molecule has 1 heterocycles. The highest BCUT2D eigenvalue weighted by Gasteiger charge is 2.23.